The number of aromatic nitrogens is 2. The van der Waals surface area contributed by atoms with Crippen molar-refractivity contribution in [2.75, 3.05) is 11.9 Å². The number of benzene rings is 1. The first-order chi connectivity index (χ1) is 13.8. The van der Waals surface area contributed by atoms with Gasteiger partial charge in [0.05, 0.1) is 16.1 Å². The van der Waals surface area contributed by atoms with Crippen LogP contribution in [-0.4, -0.2) is 21.2 Å². The number of halogens is 4. The maximum Gasteiger partial charge on any atom is 0.417 e. The van der Waals surface area contributed by atoms with Crippen molar-refractivity contribution in [2.45, 2.75) is 19.1 Å². The zero-order chi connectivity index (χ0) is 21.0. The Labute approximate surface area is 169 Å². The summed E-state index contributed by atoms with van der Waals surface area (Å²) in [6, 6.07) is 11.5. The second-order valence-corrected chi connectivity index (χ2v) is 6.73. The molecule has 152 valence electrons. The first-order valence-electron chi connectivity index (χ1n) is 8.67. The number of aromatic hydroxyl groups is 1. The van der Waals surface area contributed by atoms with Gasteiger partial charge in [0.15, 0.2) is 0 Å². The van der Waals surface area contributed by atoms with Gasteiger partial charge in [0, 0.05) is 31.9 Å². The second kappa shape index (κ2) is 8.57. The molecule has 5 nitrogen and oxygen atoms in total. The Kier molecular flexibility index (Phi) is 6.12. The minimum Gasteiger partial charge on any atom is -0.507 e. The van der Waals surface area contributed by atoms with Crippen LogP contribution < -0.4 is 10.9 Å². The predicted octanol–water partition coefficient (Wildman–Crippen LogP) is 4.32. The van der Waals surface area contributed by atoms with Crippen molar-refractivity contribution in [3.8, 4) is 5.75 Å². The van der Waals surface area contributed by atoms with E-state index in [1.165, 1.54) is 16.8 Å². The van der Waals surface area contributed by atoms with Crippen LogP contribution >= 0.6 is 11.6 Å². The molecular formula is C20H17ClF3N3O2. The van der Waals surface area contributed by atoms with E-state index in [1.54, 1.807) is 0 Å². The molecule has 2 aromatic heterocycles. The van der Waals surface area contributed by atoms with Crippen LogP contribution in [-0.2, 0) is 19.1 Å². The van der Waals surface area contributed by atoms with Crippen LogP contribution in [0.3, 0.4) is 0 Å². The van der Waals surface area contributed by atoms with Crippen LogP contribution in [0, 0.1) is 0 Å². The fourth-order valence-corrected chi connectivity index (χ4v) is 3.00. The van der Waals surface area contributed by atoms with Crippen molar-refractivity contribution in [1.29, 1.82) is 0 Å². The van der Waals surface area contributed by atoms with E-state index in [9.17, 15) is 23.1 Å². The maximum absolute atomic E-state index is 12.7. The van der Waals surface area contributed by atoms with E-state index >= 15 is 0 Å². The molecule has 0 amide bonds. The van der Waals surface area contributed by atoms with Crippen molar-refractivity contribution >= 4 is 17.4 Å². The van der Waals surface area contributed by atoms with Gasteiger partial charge in [0.2, 0.25) is 0 Å². The number of alkyl halides is 3. The van der Waals surface area contributed by atoms with E-state index in [0.29, 0.717) is 6.20 Å². The van der Waals surface area contributed by atoms with E-state index in [0.717, 1.165) is 11.6 Å². The molecule has 0 bridgehead atoms. The predicted molar refractivity (Wildman–Crippen MR) is 104 cm³/mol. The number of anilines is 1. The van der Waals surface area contributed by atoms with Crippen molar-refractivity contribution in [2.24, 2.45) is 0 Å². The largest absolute Gasteiger partial charge is 0.507 e. The highest BCUT2D eigenvalue weighted by Gasteiger charge is 2.31. The van der Waals surface area contributed by atoms with E-state index < -0.39 is 11.7 Å². The lowest BCUT2D eigenvalue weighted by Gasteiger charge is -2.13. The molecule has 0 aliphatic rings. The normalized spacial score (nSPS) is 11.4. The fourth-order valence-electron chi connectivity index (χ4n) is 2.77. The Morgan fingerprint density at radius 1 is 1.17 bits per heavy atom. The number of nitrogens with one attached hydrogen (secondary N) is 1. The summed E-state index contributed by atoms with van der Waals surface area (Å²) < 4.78 is 39.4. The monoisotopic (exact) mass is 423 g/mol. The van der Waals surface area contributed by atoms with Gasteiger partial charge in [-0.2, -0.15) is 13.2 Å². The highest BCUT2D eigenvalue weighted by atomic mass is 35.5. The topological polar surface area (TPSA) is 67.2 Å². The van der Waals surface area contributed by atoms with Crippen molar-refractivity contribution in [3.05, 3.63) is 86.9 Å². The van der Waals surface area contributed by atoms with Gasteiger partial charge < -0.3 is 15.0 Å². The zero-order valence-electron chi connectivity index (χ0n) is 15.1. The molecule has 0 saturated heterocycles. The van der Waals surface area contributed by atoms with Crippen molar-refractivity contribution in [1.82, 2.24) is 9.55 Å². The summed E-state index contributed by atoms with van der Waals surface area (Å²) in [4.78, 5) is 16.4. The van der Waals surface area contributed by atoms with Gasteiger partial charge in [0.25, 0.3) is 5.56 Å². The third kappa shape index (κ3) is 5.08. The van der Waals surface area contributed by atoms with Crippen LogP contribution in [0.2, 0.25) is 5.02 Å². The van der Waals surface area contributed by atoms with E-state index in [4.69, 9.17) is 11.6 Å². The van der Waals surface area contributed by atoms with Crippen LogP contribution in [0.1, 0.15) is 16.7 Å². The Morgan fingerprint density at radius 3 is 2.55 bits per heavy atom. The molecule has 3 rings (SSSR count). The molecule has 0 spiro atoms. The van der Waals surface area contributed by atoms with Crippen molar-refractivity contribution in [3.63, 3.8) is 0 Å². The molecule has 9 heteroatoms. The Bertz CT molecular complexity index is 1050. The number of hydrogen-bond donors (Lipinski definition) is 2. The quantitative estimate of drug-likeness (QED) is 0.619. The lowest BCUT2D eigenvalue weighted by molar-refractivity contribution is -0.137. The molecule has 3 aromatic rings. The third-order valence-electron chi connectivity index (χ3n) is 4.28. The summed E-state index contributed by atoms with van der Waals surface area (Å²) in [6.07, 6.45) is -2.09. The summed E-state index contributed by atoms with van der Waals surface area (Å²) >= 11 is 5.86. The molecule has 0 atom stereocenters. The molecule has 2 N–H and O–H groups in total. The molecule has 0 saturated carbocycles. The van der Waals surface area contributed by atoms with Crippen LogP contribution in [0.15, 0.2) is 59.7 Å². The summed E-state index contributed by atoms with van der Waals surface area (Å²) in [7, 11) is 0. The van der Waals surface area contributed by atoms with Gasteiger partial charge in [-0.1, -0.05) is 41.9 Å². The summed E-state index contributed by atoms with van der Waals surface area (Å²) in [5.74, 6) is 0.00603. The Hall–Kier alpha value is -3.00. The van der Waals surface area contributed by atoms with Gasteiger partial charge >= 0.3 is 6.18 Å². The highest BCUT2D eigenvalue weighted by Crippen LogP contribution is 2.32. The van der Waals surface area contributed by atoms with Gasteiger partial charge in [-0.05, 0) is 17.7 Å². The Balaban J connectivity index is 1.70. The Morgan fingerprint density at radius 2 is 1.90 bits per heavy atom. The lowest BCUT2D eigenvalue weighted by atomic mass is 10.1. The number of hydrogen-bond acceptors (Lipinski definition) is 4. The van der Waals surface area contributed by atoms with E-state index in [1.807, 2.05) is 30.3 Å². The van der Waals surface area contributed by atoms with Gasteiger partial charge in [0.1, 0.15) is 11.6 Å². The molecule has 0 unspecified atom stereocenters. The smallest absolute Gasteiger partial charge is 0.417 e. The molecule has 0 fully saturated rings. The average molecular weight is 424 g/mol. The summed E-state index contributed by atoms with van der Waals surface area (Å²) in [5, 5.41) is 12.7. The first-order valence-corrected chi connectivity index (χ1v) is 9.05. The molecular weight excluding hydrogens is 407 g/mol. The van der Waals surface area contributed by atoms with Crippen LogP contribution in [0.5, 0.6) is 5.75 Å². The van der Waals surface area contributed by atoms with Crippen LogP contribution in [0.25, 0.3) is 0 Å². The number of nitrogens with zero attached hydrogens (tertiary/aromatic N) is 2. The standard InChI is InChI=1S/C20H17ClF3N3O2/c21-16-11-14(20(22,23)24)12-26-18(16)25-7-9-27-8-6-17(28)15(19(27)29)10-13-4-2-1-3-5-13/h1-6,8,11-12,28H,7,9-10H2,(H,25,26). The van der Waals surface area contributed by atoms with E-state index in [-0.39, 0.29) is 47.2 Å². The molecule has 0 aliphatic heterocycles. The molecule has 0 aliphatic carbocycles. The third-order valence-corrected chi connectivity index (χ3v) is 4.57. The SMILES string of the molecule is O=c1c(Cc2ccccc2)c(O)ccn1CCNc1ncc(C(F)(F)F)cc1Cl. The number of rotatable bonds is 6. The molecule has 0 radical (unpaired) electrons. The van der Waals surface area contributed by atoms with Gasteiger partial charge in [-0.25, -0.2) is 4.98 Å². The average Bonchev–Trinajstić information content (AvgIpc) is 2.68. The molecule has 29 heavy (non-hydrogen) atoms. The zero-order valence-corrected chi connectivity index (χ0v) is 15.8. The summed E-state index contributed by atoms with van der Waals surface area (Å²) in [5.41, 5.74) is -0.128. The minimum absolute atomic E-state index is 0.0875. The highest BCUT2D eigenvalue weighted by molar-refractivity contribution is 6.32. The minimum atomic E-state index is -4.52. The first kappa shape index (κ1) is 20.7. The number of pyridine rings is 2. The molecule has 1 aromatic carbocycles. The van der Waals surface area contributed by atoms with E-state index in [2.05, 4.69) is 10.3 Å². The lowest BCUT2D eigenvalue weighted by Crippen LogP contribution is -2.26. The fraction of sp³-hybridized carbons (Fsp3) is 0.200. The van der Waals surface area contributed by atoms with Gasteiger partial charge in [-0.15, -0.1) is 0 Å². The van der Waals surface area contributed by atoms with Crippen LogP contribution in [0.4, 0.5) is 19.0 Å². The maximum atomic E-state index is 12.7. The van der Waals surface area contributed by atoms with Gasteiger partial charge in [-0.3, -0.25) is 4.79 Å². The van der Waals surface area contributed by atoms with Crippen molar-refractivity contribution < 1.29 is 18.3 Å². The molecule has 2 heterocycles. The summed E-state index contributed by atoms with van der Waals surface area (Å²) in [6.45, 7) is 0.410. The second-order valence-electron chi connectivity index (χ2n) is 6.32.